The van der Waals surface area contributed by atoms with Crippen LogP contribution in [0, 0.1) is 14.9 Å². The molecule has 3 aromatic rings. The van der Waals surface area contributed by atoms with Gasteiger partial charge < -0.3 is 0 Å². The van der Waals surface area contributed by atoms with Gasteiger partial charge in [0.15, 0.2) is 9.90 Å². The summed E-state index contributed by atoms with van der Waals surface area (Å²) in [5.74, 6) is 0.332. The van der Waals surface area contributed by atoms with Crippen molar-refractivity contribution >= 4 is 40.3 Å². The smallest absolute Gasteiger partial charge is 0.269 e. The lowest BCUT2D eigenvalue weighted by molar-refractivity contribution is -0.384. The Bertz CT molecular complexity index is 1050. The number of carbonyl (C=O) groups is 1. The van der Waals surface area contributed by atoms with Gasteiger partial charge in [0, 0.05) is 29.6 Å². The predicted molar refractivity (Wildman–Crippen MR) is 104 cm³/mol. The second kappa shape index (κ2) is 8.01. The van der Waals surface area contributed by atoms with Crippen LogP contribution >= 0.6 is 23.6 Å². The number of allylic oxidation sites excluding steroid dienone is 1. The van der Waals surface area contributed by atoms with Gasteiger partial charge in [-0.25, -0.2) is 4.98 Å². The van der Waals surface area contributed by atoms with Gasteiger partial charge in [-0.05, 0) is 24.4 Å². The van der Waals surface area contributed by atoms with Crippen molar-refractivity contribution in [2.45, 2.75) is 13.0 Å². The highest BCUT2D eigenvalue weighted by atomic mass is 32.1. The molecule has 138 valence electrons. The summed E-state index contributed by atoms with van der Waals surface area (Å²) >= 11 is 6.46. The minimum Gasteiger partial charge on any atom is -0.300 e. The zero-order valence-electron chi connectivity index (χ0n) is 13.9. The largest absolute Gasteiger partial charge is 0.300 e. The van der Waals surface area contributed by atoms with E-state index < -0.39 is 4.92 Å². The van der Waals surface area contributed by atoms with E-state index >= 15 is 0 Å². The first-order valence-electron chi connectivity index (χ1n) is 7.73. The Morgan fingerprint density at radius 1 is 1.44 bits per heavy atom. The lowest BCUT2D eigenvalue weighted by Crippen LogP contribution is -2.11. The minimum atomic E-state index is -0.517. The van der Waals surface area contributed by atoms with E-state index in [0.717, 1.165) is 11.5 Å². The second-order valence-corrected chi connectivity index (χ2v) is 6.67. The molecule has 0 aliphatic heterocycles. The van der Waals surface area contributed by atoms with Crippen molar-refractivity contribution < 1.29 is 9.72 Å². The predicted octanol–water partition coefficient (Wildman–Crippen LogP) is 3.33. The Morgan fingerprint density at radius 2 is 2.19 bits per heavy atom. The quantitative estimate of drug-likeness (QED) is 0.271. The summed E-state index contributed by atoms with van der Waals surface area (Å²) < 4.78 is 2.32. The topological polar surface area (TPSA) is 119 Å². The maximum Gasteiger partial charge on any atom is 0.269 e. The van der Waals surface area contributed by atoms with Gasteiger partial charge in [0.25, 0.3) is 11.6 Å². The number of aromatic amines is 1. The number of nitro groups is 1. The van der Waals surface area contributed by atoms with E-state index in [9.17, 15) is 14.9 Å². The van der Waals surface area contributed by atoms with Crippen molar-refractivity contribution in [1.29, 1.82) is 0 Å². The molecular weight excluding hydrogens is 388 g/mol. The summed E-state index contributed by atoms with van der Waals surface area (Å²) in [6.07, 6.45) is 2.18. The molecule has 1 aromatic carbocycles. The van der Waals surface area contributed by atoms with E-state index in [4.69, 9.17) is 12.2 Å². The van der Waals surface area contributed by atoms with Gasteiger partial charge in [-0.1, -0.05) is 6.08 Å². The number of amides is 1. The number of aromatic nitrogens is 4. The number of anilines is 1. The number of hydrogen-bond acceptors (Lipinski definition) is 7. The molecule has 0 aliphatic rings. The van der Waals surface area contributed by atoms with Crippen LogP contribution in [0.15, 0.2) is 42.3 Å². The molecule has 0 atom stereocenters. The van der Waals surface area contributed by atoms with Crippen LogP contribution in [0.4, 0.5) is 10.8 Å². The zero-order valence-corrected chi connectivity index (χ0v) is 15.5. The molecule has 3 rings (SSSR count). The van der Waals surface area contributed by atoms with Crippen molar-refractivity contribution in [2.75, 3.05) is 5.32 Å². The van der Waals surface area contributed by atoms with Crippen molar-refractivity contribution in [3.8, 4) is 0 Å². The van der Waals surface area contributed by atoms with Crippen LogP contribution in [0.1, 0.15) is 21.9 Å². The Balaban J connectivity index is 1.69. The van der Waals surface area contributed by atoms with Crippen LogP contribution in [0.25, 0.3) is 0 Å². The van der Waals surface area contributed by atoms with Crippen LogP contribution in [0.3, 0.4) is 0 Å². The molecule has 1 amide bonds. The van der Waals surface area contributed by atoms with Crippen LogP contribution in [0.2, 0.25) is 0 Å². The lowest BCUT2D eigenvalue weighted by atomic mass is 10.2. The molecule has 2 N–H and O–H groups in total. The Labute approximate surface area is 162 Å². The fourth-order valence-corrected chi connectivity index (χ4v) is 3.24. The van der Waals surface area contributed by atoms with E-state index in [1.807, 2.05) is 9.95 Å². The summed E-state index contributed by atoms with van der Waals surface area (Å²) in [4.78, 5) is 26.8. The molecule has 0 saturated heterocycles. The number of nitrogens with zero attached hydrogens (tertiary/aromatic N) is 4. The SMILES string of the molecule is C=CCn1c(Cc2csc(NC(=O)c3ccc([N+](=O)[O-])cc3)n2)n[nH]c1=S. The third kappa shape index (κ3) is 4.33. The molecule has 0 unspecified atom stereocenters. The first kappa shape index (κ1) is 18.6. The van der Waals surface area contributed by atoms with Crippen LogP contribution in [-0.2, 0) is 13.0 Å². The summed E-state index contributed by atoms with van der Waals surface area (Å²) in [6.45, 7) is 4.24. The molecule has 0 radical (unpaired) electrons. The number of thiazole rings is 1. The lowest BCUT2D eigenvalue weighted by Gasteiger charge is -2.02. The summed E-state index contributed by atoms with van der Waals surface area (Å²) in [6, 6.07) is 5.36. The third-order valence-electron chi connectivity index (χ3n) is 3.60. The average Bonchev–Trinajstić information content (AvgIpc) is 3.23. The maximum absolute atomic E-state index is 12.2. The summed E-state index contributed by atoms with van der Waals surface area (Å²) in [5, 5.41) is 22.5. The number of H-pyrrole nitrogens is 1. The first-order chi connectivity index (χ1) is 13.0. The van der Waals surface area contributed by atoms with Gasteiger partial charge >= 0.3 is 0 Å². The highest BCUT2D eigenvalue weighted by Gasteiger charge is 2.13. The zero-order chi connectivity index (χ0) is 19.4. The molecule has 27 heavy (non-hydrogen) atoms. The molecule has 2 heterocycles. The van der Waals surface area contributed by atoms with Crippen molar-refractivity contribution in [2.24, 2.45) is 0 Å². The maximum atomic E-state index is 12.2. The van der Waals surface area contributed by atoms with Gasteiger partial charge in [-0.15, -0.1) is 17.9 Å². The molecular formula is C16H14N6O3S2. The molecule has 9 nitrogen and oxygen atoms in total. The van der Waals surface area contributed by atoms with E-state index in [1.54, 1.807) is 6.08 Å². The molecule has 0 aliphatic carbocycles. The highest BCUT2D eigenvalue weighted by molar-refractivity contribution is 7.71. The number of benzene rings is 1. The van der Waals surface area contributed by atoms with E-state index in [1.165, 1.54) is 35.6 Å². The Kier molecular flexibility index (Phi) is 5.52. The highest BCUT2D eigenvalue weighted by Crippen LogP contribution is 2.19. The third-order valence-corrected chi connectivity index (χ3v) is 4.72. The minimum absolute atomic E-state index is 0.0731. The Morgan fingerprint density at radius 3 is 2.85 bits per heavy atom. The second-order valence-electron chi connectivity index (χ2n) is 5.42. The van der Waals surface area contributed by atoms with Crippen LogP contribution in [-0.4, -0.2) is 30.6 Å². The van der Waals surface area contributed by atoms with E-state index in [2.05, 4.69) is 27.1 Å². The average molecular weight is 402 g/mol. The fraction of sp³-hybridized carbons (Fsp3) is 0.125. The van der Waals surface area contributed by atoms with Crippen molar-refractivity contribution in [3.63, 3.8) is 0 Å². The number of nitro benzene ring substituents is 1. The normalized spacial score (nSPS) is 10.5. The van der Waals surface area contributed by atoms with Crippen molar-refractivity contribution in [1.82, 2.24) is 19.7 Å². The van der Waals surface area contributed by atoms with E-state index in [-0.39, 0.29) is 11.6 Å². The summed E-state index contributed by atoms with van der Waals surface area (Å²) in [7, 11) is 0. The van der Waals surface area contributed by atoms with Gasteiger partial charge in [-0.3, -0.25) is 29.9 Å². The van der Waals surface area contributed by atoms with Gasteiger partial charge in [-0.2, -0.15) is 5.10 Å². The van der Waals surface area contributed by atoms with Gasteiger partial charge in [0.05, 0.1) is 17.0 Å². The van der Waals surface area contributed by atoms with Gasteiger partial charge in [0.2, 0.25) is 0 Å². The molecule has 0 fully saturated rings. The number of hydrogen-bond donors (Lipinski definition) is 2. The molecule has 11 heteroatoms. The number of nitrogens with one attached hydrogen (secondary N) is 2. The molecule has 0 saturated carbocycles. The number of rotatable bonds is 7. The number of carbonyl (C=O) groups excluding carboxylic acids is 1. The number of non-ortho nitro benzene ring substituents is 1. The first-order valence-corrected chi connectivity index (χ1v) is 9.02. The van der Waals surface area contributed by atoms with Crippen molar-refractivity contribution in [3.05, 3.63) is 74.3 Å². The summed E-state index contributed by atoms with van der Waals surface area (Å²) in [5.41, 5.74) is 0.971. The molecule has 0 bridgehead atoms. The molecule has 2 aromatic heterocycles. The van der Waals surface area contributed by atoms with Gasteiger partial charge in [0.1, 0.15) is 5.82 Å². The Hall–Kier alpha value is -3.18. The standard InChI is InChI=1S/C16H14N6O3S2/c1-2-7-21-13(19-20-16(21)26)8-11-9-27-15(17-11)18-14(23)10-3-5-12(6-4-10)22(24)25/h2-6,9H,1,7-8H2,(H,20,26)(H,17,18,23). The van der Waals surface area contributed by atoms with Crippen LogP contribution in [0.5, 0.6) is 0 Å². The van der Waals surface area contributed by atoms with Crippen LogP contribution < -0.4 is 5.32 Å². The fourth-order valence-electron chi connectivity index (χ4n) is 2.31. The monoisotopic (exact) mass is 402 g/mol. The van der Waals surface area contributed by atoms with E-state index in [0.29, 0.717) is 28.4 Å². The molecule has 0 spiro atoms.